The Bertz CT molecular complexity index is 1410. The highest BCUT2D eigenvalue weighted by molar-refractivity contribution is 9.10. The van der Waals surface area contributed by atoms with Crippen LogP contribution in [0.5, 0.6) is 5.75 Å². The molecule has 1 saturated heterocycles. The van der Waals surface area contributed by atoms with Gasteiger partial charge >= 0.3 is 11.9 Å². The number of hydrogen-bond donors (Lipinski definition) is 4. The van der Waals surface area contributed by atoms with Gasteiger partial charge in [0.05, 0.1) is 17.2 Å². The monoisotopic (exact) mass is 537 g/mol. The topological polar surface area (TPSA) is 152 Å². The molecule has 1 heterocycles. The molecule has 4 rings (SSSR count). The highest BCUT2D eigenvalue weighted by atomic mass is 79.9. The van der Waals surface area contributed by atoms with Crippen molar-refractivity contribution in [3.05, 3.63) is 99.0 Å². The van der Waals surface area contributed by atoms with E-state index in [4.69, 9.17) is 0 Å². The summed E-state index contributed by atoms with van der Waals surface area (Å²) in [6, 6.07) is 13.9. The van der Waals surface area contributed by atoms with Crippen molar-refractivity contribution in [2.45, 2.75) is 6.04 Å². The number of aromatic hydroxyl groups is 1. The number of carbonyl (C=O) groups excluding carboxylic acids is 2. The molecule has 0 spiro atoms. The molecule has 1 unspecified atom stereocenters. The Hall–Kier alpha value is -4.44. The second-order valence-corrected chi connectivity index (χ2v) is 8.53. The summed E-state index contributed by atoms with van der Waals surface area (Å²) in [5.41, 5.74) is -0.225. The number of nitrogens with zero attached hydrogens (tertiary/aromatic N) is 1. The van der Waals surface area contributed by atoms with Gasteiger partial charge in [-0.2, -0.15) is 0 Å². The van der Waals surface area contributed by atoms with Gasteiger partial charge in [-0.25, -0.2) is 9.59 Å². The van der Waals surface area contributed by atoms with Gasteiger partial charge in [0.2, 0.25) is 0 Å². The van der Waals surface area contributed by atoms with E-state index in [2.05, 4.69) is 15.9 Å². The molecule has 10 heteroatoms. The van der Waals surface area contributed by atoms with Gasteiger partial charge in [0.25, 0.3) is 11.7 Å². The zero-order valence-corrected chi connectivity index (χ0v) is 19.3. The van der Waals surface area contributed by atoms with Crippen LogP contribution in [0.4, 0.5) is 5.69 Å². The molecule has 176 valence electrons. The summed E-state index contributed by atoms with van der Waals surface area (Å²) in [4.78, 5) is 50.1. The molecule has 4 N–H and O–H groups in total. The lowest BCUT2D eigenvalue weighted by atomic mass is 9.94. The summed E-state index contributed by atoms with van der Waals surface area (Å²) in [6.07, 6.45) is 0. The Morgan fingerprint density at radius 3 is 1.97 bits per heavy atom. The standard InChI is InChI=1S/C25H16BrNO8/c26-15-7-5-13(6-8-15)21(29)19-20(12-1-3-14(4-2-12)24(32)33)27(23(31)22(19)30)16-9-10-18(28)17(11-16)25(34)35/h1-11,20,28-29H,(H,32,33)(H,34,35). The van der Waals surface area contributed by atoms with Gasteiger partial charge in [-0.3, -0.25) is 14.5 Å². The first-order chi connectivity index (χ1) is 16.6. The van der Waals surface area contributed by atoms with E-state index in [0.29, 0.717) is 5.56 Å². The molecule has 35 heavy (non-hydrogen) atoms. The van der Waals surface area contributed by atoms with Crippen LogP contribution in [0.15, 0.2) is 76.8 Å². The van der Waals surface area contributed by atoms with Gasteiger partial charge < -0.3 is 20.4 Å². The number of Topliss-reactive ketones (excluding diaryl/α,β-unsaturated/α-hetero) is 1. The summed E-state index contributed by atoms with van der Waals surface area (Å²) in [7, 11) is 0. The number of hydrogen-bond acceptors (Lipinski definition) is 6. The second-order valence-electron chi connectivity index (χ2n) is 7.61. The zero-order chi connectivity index (χ0) is 25.4. The van der Waals surface area contributed by atoms with E-state index in [-0.39, 0.29) is 22.4 Å². The first kappa shape index (κ1) is 23.7. The minimum atomic E-state index is -1.45. The SMILES string of the molecule is O=C1C(=O)N(c2ccc(O)c(C(=O)O)c2)C(c2ccc(C(=O)O)cc2)C1=C(O)c1ccc(Br)cc1. The fourth-order valence-electron chi connectivity index (χ4n) is 3.83. The van der Waals surface area contributed by atoms with Crippen molar-refractivity contribution < 1.29 is 39.6 Å². The second kappa shape index (κ2) is 9.07. The van der Waals surface area contributed by atoms with Gasteiger partial charge in [0.15, 0.2) is 0 Å². The summed E-state index contributed by atoms with van der Waals surface area (Å²) < 4.78 is 0.723. The lowest BCUT2D eigenvalue weighted by molar-refractivity contribution is -0.132. The molecule has 3 aromatic carbocycles. The summed E-state index contributed by atoms with van der Waals surface area (Å²) in [5, 5.41) is 39.6. The van der Waals surface area contributed by atoms with Crippen molar-refractivity contribution in [1.29, 1.82) is 0 Å². The summed E-state index contributed by atoms with van der Waals surface area (Å²) in [5.74, 6) is -5.65. The number of benzene rings is 3. The fourth-order valence-corrected chi connectivity index (χ4v) is 4.09. The van der Waals surface area contributed by atoms with Crippen LogP contribution in [-0.4, -0.2) is 44.1 Å². The van der Waals surface area contributed by atoms with Crippen LogP contribution in [0, 0.1) is 0 Å². The van der Waals surface area contributed by atoms with Crippen molar-refractivity contribution in [2.24, 2.45) is 0 Å². The average Bonchev–Trinajstić information content (AvgIpc) is 3.09. The van der Waals surface area contributed by atoms with E-state index < -0.39 is 46.7 Å². The number of carboxylic acids is 2. The summed E-state index contributed by atoms with van der Waals surface area (Å²) >= 11 is 3.29. The third kappa shape index (κ3) is 4.26. The van der Waals surface area contributed by atoms with E-state index in [0.717, 1.165) is 21.5 Å². The fraction of sp³-hybridized carbons (Fsp3) is 0.0400. The number of carboxylic acid groups (broad SMARTS) is 2. The molecule has 1 atom stereocenters. The summed E-state index contributed by atoms with van der Waals surface area (Å²) in [6.45, 7) is 0. The quantitative estimate of drug-likeness (QED) is 0.215. The lowest BCUT2D eigenvalue weighted by Gasteiger charge is -2.26. The van der Waals surface area contributed by atoms with Crippen LogP contribution in [0.25, 0.3) is 5.76 Å². The molecule has 0 bridgehead atoms. The number of phenols is 1. The number of halogens is 1. The number of anilines is 1. The molecule has 1 amide bonds. The molecule has 1 aliphatic rings. The zero-order valence-electron chi connectivity index (χ0n) is 17.7. The van der Waals surface area contributed by atoms with Crippen LogP contribution < -0.4 is 4.90 Å². The van der Waals surface area contributed by atoms with Crippen molar-refractivity contribution in [1.82, 2.24) is 0 Å². The minimum absolute atomic E-state index is 0.00975. The molecule has 0 saturated carbocycles. The van der Waals surface area contributed by atoms with E-state index in [9.17, 15) is 39.6 Å². The predicted octanol–water partition coefficient (Wildman–Crippen LogP) is 4.18. The number of aliphatic hydroxyl groups is 1. The van der Waals surface area contributed by atoms with Gasteiger partial charge in [-0.15, -0.1) is 0 Å². The Kier molecular flexibility index (Phi) is 6.14. The van der Waals surface area contributed by atoms with Crippen molar-refractivity contribution in [3.63, 3.8) is 0 Å². The molecule has 3 aromatic rings. The maximum Gasteiger partial charge on any atom is 0.339 e. The number of rotatable bonds is 5. The first-order valence-corrected chi connectivity index (χ1v) is 10.9. The number of aromatic carboxylic acids is 2. The van der Waals surface area contributed by atoms with Crippen LogP contribution >= 0.6 is 15.9 Å². The van der Waals surface area contributed by atoms with Gasteiger partial charge in [-0.1, -0.05) is 40.2 Å². The molecule has 1 aliphatic heterocycles. The maximum atomic E-state index is 13.2. The van der Waals surface area contributed by atoms with E-state index >= 15 is 0 Å². The maximum absolute atomic E-state index is 13.2. The largest absolute Gasteiger partial charge is 0.507 e. The molecule has 0 aromatic heterocycles. The molecule has 1 fully saturated rings. The van der Waals surface area contributed by atoms with Crippen molar-refractivity contribution in [3.8, 4) is 5.75 Å². The third-order valence-electron chi connectivity index (χ3n) is 5.52. The van der Waals surface area contributed by atoms with Crippen LogP contribution in [0.3, 0.4) is 0 Å². The number of ketones is 1. The molecule has 0 aliphatic carbocycles. The number of amides is 1. The highest BCUT2D eigenvalue weighted by Crippen LogP contribution is 2.43. The predicted molar refractivity (Wildman–Crippen MR) is 127 cm³/mol. The third-order valence-corrected chi connectivity index (χ3v) is 6.05. The molecule has 9 nitrogen and oxygen atoms in total. The van der Waals surface area contributed by atoms with Crippen LogP contribution in [-0.2, 0) is 9.59 Å². The molecule has 0 radical (unpaired) electrons. The number of aliphatic hydroxyl groups excluding tert-OH is 1. The van der Waals surface area contributed by atoms with E-state index in [1.165, 1.54) is 30.3 Å². The average molecular weight is 538 g/mol. The van der Waals surface area contributed by atoms with Gasteiger partial charge in [0, 0.05) is 15.7 Å². The van der Waals surface area contributed by atoms with Gasteiger partial charge in [0.1, 0.15) is 17.1 Å². The number of carbonyl (C=O) groups is 4. The first-order valence-electron chi connectivity index (χ1n) is 10.1. The van der Waals surface area contributed by atoms with Crippen molar-refractivity contribution in [2.75, 3.05) is 4.90 Å². The smallest absolute Gasteiger partial charge is 0.339 e. The highest BCUT2D eigenvalue weighted by Gasteiger charge is 2.47. The lowest BCUT2D eigenvalue weighted by Crippen LogP contribution is -2.29. The van der Waals surface area contributed by atoms with E-state index in [1.54, 1.807) is 24.3 Å². The Morgan fingerprint density at radius 2 is 1.40 bits per heavy atom. The van der Waals surface area contributed by atoms with Crippen LogP contribution in [0.1, 0.15) is 37.9 Å². The molecular weight excluding hydrogens is 522 g/mol. The van der Waals surface area contributed by atoms with Gasteiger partial charge in [-0.05, 0) is 48.0 Å². The Balaban J connectivity index is 1.96. The Labute approximate surface area is 206 Å². The van der Waals surface area contributed by atoms with E-state index in [1.807, 2.05) is 0 Å². The molecular formula is C25H16BrNO8. The Morgan fingerprint density at radius 1 is 0.800 bits per heavy atom. The van der Waals surface area contributed by atoms with Crippen LogP contribution in [0.2, 0.25) is 0 Å². The normalized spacial score (nSPS) is 16.9. The van der Waals surface area contributed by atoms with Crippen molar-refractivity contribution >= 4 is 51.0 Å². The minimum Gasteiger partial charge on any atom is -0.507 e.